The van der Waals surface area contributed by atoms with Gasteiger partial charge in [-0.2, -0.15) is 0 Å². The Labute approximate surface area is 164 Å². The van der Waals surface area contributed by atoms with Crippen molar-refractivity contribution in [2.75, 3.05) is 0 Å². The number of aromatic nitrogens is 1. The van der Waals surface area contributed by atoms with Gasteiger partial charge in [0, 0.05) is 17.4 Å². The number of carbonyl (C=O) groups is 1. The Kier molecular flexibility index (Phi) is 5.38. The van der Waals surface area contributed by atoms with Crippen LogP contribution in [0.4, 0.5) is 0 Å². The SMILES string of the molecule is O=C(O)CCC/C=C1\CCc2c(OCc3ccc4ccccc4n3)cccc21. The predicted octanol–water partition coefficient (Wildman–Crippen LogP) is 5.40. The van der Waals surface area contributed by atoms with E-state index in [1.807, 2.05) is 36.4 Å². The molecular weight excluding hydrogens is 350 g/mol. The van der Waals surface area contributed by atoms with Crippen molar-refractivity contribution in [3.63, 3.8) is 0 Å². The topological polar surface area (TPSA) is 59.4 Å². The molecule has 0 spiro atoms. The van der Waals surface area contributed by atoms with Crippen LogP contribution >= 0.6 is 0 Å². The summed E-state index contributed by atoms with van der Waals surface area (Å²) in [5.41, 5.74) is 5.67. The third-order valence-electron chi connectivity index (χ3n) is 5.14. The van der Waals surface area contributed by atoms with Crippen LogP contribution in [0, 0.1) is 0 Å². The number of rotatable bonds is 7. The maximum Gasteiger partial charge on any atom is 0.303 e. The molecule has 0 amide bonds. The molecule has 0 atom stereocenters. The largest absolute Gasteiger partial charge is 0.487 e. The number of benzene rings is 2. The summed E-state index contributed by atoms with van der Waals surface area (Å²) in [6.45, 7) is 0.443. The van der Waals surface area contributed by atoms with Gasteiger partial charge in [-0.3, -0.25) is 4.79 Å². The fraction of sp³-hybridized carbons (Fsp3) is 0.250. The average molecular weight is 373 g/mol. The zero-order valence-corrected chi connectivity index (χ0v) is 15.7. The number of hydrogen-bond donors (Lipinski definition) is 1. The van der Waals surface area contributed by atoms with Gasteiger partial charge in [0.2, 0.25) is 0 Å². The Hall–Kier alpha value is -3.14. The summed E-state index contributed by atoms with van der Waals surface area (Å²) < 4.78 is 6.12. The molecule has 0 unspecified atom stereocenters. The molecule has 142 valence electrons. The Morgan fingerprint density at radius 2 is 1.96 bits per heavy atom. The lowest BCUT2D eigenvalue weighted by molar-refractivity contribution is -0.137. The van der Waals surface area contributed by atoms with Crippen molar-refractivity contribution in [1.82, 2.24) is 4.98 Å². The minimum Gasteiger partial charge on any atom is -0.487 e. The molecule has 0 saturated heterocycles. The maximum atomic E-state index is 10.7. The zero-order valence-electron chi connectivity index (χ0n) is 15.7. The van der Waals surface area contributed by atoms with Crippen LogP contribution in [0.5, 0.6) is 5.75 Å². The molecule has 1 heterocycles. The minimum absolute atomic E-state index is 0.221. The molecule has 1 aliphatic carbocycles. The second-order valence-electron chi connectivity index (χ2n) is 7.08. The van der Waals surface area contributed by atoms with Crippen LogP contribution < -0.4 is 4.74 Å². The molecule has 4 nitrogen and oxygen atoms in total. The highest BCUT2D eigenvalue weighted by atomic mass is 16.5. The summed E-state index contributed by atoms with van der Waals surface area (Å²) in [6.07, 6.45) is 5.82. The molecule has 0 bridgehead atoms. The second kappa shape index (κ2) is 8.26. The third-order valence-corrected chi connectivity index (χ3v) is 5.14. The van der Waals surface area contributed by atoms with Crippen molar-refractivity contribution < 1.29 is 14.6 Å². The van der Waals surface area contributed by atoms with Gasteiger partial charge < -0.3 is 9.84 Å². The van der Waals surface area contributed by atoms with Crippen molar-refractivity contribution in [3.05, 3.63) is 77.5 Å². The van der Waals surface area contributed by atoms with Crippen LogP contribution in [0.2, 0.25) is 0 Å². The summed E-state index contributed by atoms with van der Waals surface area (Å²) in [5, 5.41) is 9.90. The summed E-state index contributed by atoms with van der Waals surface area (Å²) in [7, 11) is 0. The Balaban J connectivity index is 1.46. The van der Waals surface area contributed by atoms with Gasteiger partial charge in [0.05, 0.1) is 11.2 Å². The number of unbranched alkanes of at least 4 members (excludes halogenated alkanes) is 1. The van der Waals surface area contributed by atoms with Crippen molar-refractivity contribution in [1.29, 1.82) is 0 Å². The van der Waals surface area contributed by atoms with Gasteiger partial charge in [-0.05, 0) is 55.0 Å². The van der Waals surface area contributed by atoms with E-state index in [4.69, 9.17) is 9.84 Å². The van der Waals surface area contributed by atoms with Crippen LogP contribution in [-0.2, 0) is 17.8 Å². The van der Waals surface area contributed by atoms with Crippen molar-refractivity contribution in [3.8, 4) is 5.75 Å². The van der Waals surface area contributed by atoms with Crippen molar-refractivity contribution >= 4 is 22.4 Å². The molecule has 1 N–H and O–H groups in total. The smallest absolute Gasteiger partial charge is 0.303 e. The molecule has 0 aliphatic heterocycles. The Morgan fingerprint density at radius 3 is 2.86 bits per heavy atom. The highest BCUT2D eigenvalue weighted by molar-refractivity contribution is 5.78. The molecular formula is C24H23NO3. The first-order chi connectivity index (χ1) is 13.7. The van der Waals surface area contributed by atoms with E-state index in [-0.39, 0.29) is 6.42 Å². The first-order valence-electron chi connectivity index (χ1n) is 9.71. The van der Waals surface area contributed by atoms with Crippen LogP contribution in [0.3, 0.4) is 0 Å². The molecule has 4 heteroatoms. The number of carboxylic acids is 1. The molecule has 0 radical (unpaired) electrons. The van der Waals surface area contributed by atoms with Gasteiger partial charge in [0.25, 0.3) is 0 Å². The quantitative estimate of drug-likeness (QED) is 0.564. The lowest BCUT2D eigenvalue weighted by Crippen LogP contribution is -2.00. The van der Waals surface area contributed by atoms with Crippen molar-refractivity contribution in [2.45, 2.75) is 38.7 Å². The molecule has 2 aromatic carbocycles. The van der Waals surface area contributed by atoms with E-state index in [1.165, 1.54) is 16.7 Å². The van der Waals surface area contributed by atoms with E-state index >= 15 is 0 Å². The van der Waals surface area contributed by atoms with Gasteiger partial charge in [-0.1, -0.05) is 42.5 Å². The summed E-state index contributed by atoms with van der Waals surface area (Å²) in [5.74, 6) is 0.185. The lowest BCUT2D eigenvalue weighted by Gasteiger charge is -2.11. The van der Waals surface area contributed by atoms with E-state index in [2.05, 4.69) is 29.3 Å². The van der Waals surface area contributed by atoms with Crippen LogP contribution in [0.25, 0.3) is 16.5 Å². The number of para-hydroxylation sites is 1. The minimum atomic E-state index is -0.733. The normalized spacial score (nSPS) is 14.4. The maximum absolute atomic E-state index is 10.7. The van der Waals surface area contributed by atoms with Gasteiger partial charge in [0.15, 0.2) is 0 Å². The molecule has 0 fully saturated rings. The number of nitrogens with zero attached hydrogens (tertiary/aromatic N) is 1. The summed E-state index contributed by atoms with van der Waals surface area (Å²) >= 11 is 0. The highest BCUT2D eigenvalue weighted by Crippen LogP contribution is 2.38. The van der Waals surface area contributed by atoms with E-state index in [1.54, 1.807) is 0 Å². The Bertz CT molecular complexity index is 1040. The number of ether oxygens (including phenoxy) is 1. The first kappa shape index (κ1) is 18.2. The van der Waals surface area contributed by atoms with E-state index in [0.29, 0.717) is 13.0 Å². The monoisotopic (exact) mass is 373 g/mol. The zero-order chi connectivity index (χ0) is 19.3. The fourth-order valence-corrected chi connectivity index (χ4v) is 3.74. The van der Waals surface area contributed by atoms with E-state index in [0.717, 1.165) is 41.6 Å². The Morgan fingerprint density at radius 1 is 1.07 bits per heavy atom. The van der Waals surface area contributed by atoms with Gasteiger partial charge in [-0.25, -0.2) is 4.98 Å². The number of aliphatic carboxylic acids is 1. The molecule has 0 saturated carbocycles. The van der Waals surface area contributed by atoms with E-state index < -0.39 is 5.97 Å². The second-order valence-corrected chi connectivity index (χ2v) is 7.08. The van der Waals surface area contributed by atoms with E-state index in [9.17, 15) is 4.79 Å². The predicted molar refractivity (Wildman–Crippen MR) is 110 cm³/mol. The van der Waals surface area contributed by atoms with Crippen LogP contribution in [-0.4, -0.2) is 16.1 Å². The third kappa shape index (κ3) is 4.06. The highest BCUT2D eigenvalue weighted by Gasteiger charge is 2.19. The summed E-state index contributed by atoms with van der Waals surface area (Å²) in [4.78, 5) is 15.3. The molecule has 3 aromatic rings. The molecule has 28 heavy (non-hydrogen) atoms. The van der Waals surface area contributed by atoms with Gasteiger partial charge in [-0.15, -0.1) is 0 Å². The molecule has 1 aromatic heterocycles. The first-order valence-corrected chi connectivity index (χ1v) is 9.71. The number of allylic oxidation sites excluding steroid dienone is 2. The fourth-order valence-electron chi connectivity index (χ4n) is 3.74. The number of carboxylic acid groups (broad SMARTS) is 1. The average Bonchev–Trinajstić information content (AvgIpc) is 3.13. The number of hydrogen-bond acceptors (Lipinski definition) is 3. The summed E-state index contributed by atoms with van der Waals surface area (Å²) in [6, 6.07) is 18.3. The van der Waals surface area contributed by atoms with Crippen LogP contribution in [0.1, 0.15) is 42.5 Å². The van der Waals surface area contributed by atoms with Gasteiger partial charge >= 0.3 is 5.97 Å². The standard InChI is InChI=1S/C24H23NO3/c26-24(27)11-4-2-6-17-13-15-21-20(17)8-5-10-23(21)28-16-19-14-12-18-7-1-3-9-22(18)25-19/h1,3,5-10,12,14H,2,4,11,13,15-16H2,(H,26,27)/b17-6+. The van der Waals surface area contributed by atoms with Crippen molar-refractivity contribution in [2.24, 2.45) is 0 Å². The van der Waals surface area contributed by atoms with Crippen LogP contribution in [0.15, 0.2) is 60.7 Å². The molecule has 4 rings (SSSR count). The lowest BCUT2D eigenvalue weighted by atomic mass is 10.0. The molecule has 1 aliphatic rings. The van der Waals surface area contributed by atoms with Gasteiger partial charge in [0.1, 0.15) is 12.4 Å². The number of fused-ring (bicyclic) bond motifs is 2. The number of pyridine rings is 1.